The second-order valence-corrected chi connectivity index (χ2v) is 5.99. The summed E-state index contributed by atoms with van der Waals surface area (Å²) in [7, 11) is 0. The maximum absolute atomic E-state index is 12.3. The summed E-state index contributed by atoms with van der Waals surface area (Å²) >= 11 is 0. The zero-order chi connectivity index (χ0) is 13.2. The number of hydrogen-bond donors (Lipinski definition) is 1. The predicted molar refractivity (Wildman–Crippen MR) is 72.5 cm³/mol. The average molecular weight is 262 g/mol. The van der Waals surface area contributed by atoms with Gasteiger partial charge in [0.05, 0.1) is 0 Å². The number of nitrogens with one attached hydrogen (secondary N) is 1. The third-order valence-corrected chi connectivity index (χ3v) is 4.63. The van der Waals surface area contributed by atoms with Gasteiger partial charge in [0.2, 0.25) is 11.8 Å². The van der Waals surface area contributed by atoms with Crippen molar-refractivity contribution in [3.8, 4) is 0 Å². The van der Waals surface area contributed by atoms with E-state index in [0.29, 0.717) is 12.8 Å². The van der Waals surface area contributed by atoms with Crippen LogP contribution >= 0.6 is 0 Å². The summed E-state index contributed by atoms with van der Waals surface area (Å²) < 4.78 is 0. The molecule has 1 N–H and O–H groups in total. The third kappa shape index (κ3) is 2.82. The first-order valence-electron chi connectivity index (χ1n) is 7.49. The van der Waals surface area contributed by atoms with E-state index in [2.05, 4.69) is 5.32 Å². The minimum atomic E-state index is 0.0710. The van der Waals surface area contributed by atoms with Crippen LogP contribution in [-0.2, 0) is 9.59 Å². The molecule has 0 aromatic heterocycles. The van der Waals surface area contributed by atoms with Crippen molar-refractivity contribution in [3.63, 3.8) is 0 Å². The summed E-state index contributed by atoms with van der Waals surface area (Å²) in [6.07, 6.45) is 7.96. The Labute approximate surface area is 114 Å². The van der Waals surface area contributed by atoms with E-state index in [1.165, 1.54) is 31.3 Å². The Kier molecular flexibility index (Phi) is 3.58. The molecule has 2 heterocycles. The lowest BCUT2D eigenvalue weighted by Crippen LogP contribution is -2.40. The SMILES string of the molecule is O=C1CCC(CC(=O)N2CCC3=C(CCCC3)C2)N1. The zero-order valence-corrected chi connectivity index (χ0v) is 11.4. The molecule has 3 rings (SSSR count). The Morgan fingerprint density at radius 2 is 1.95 bits per heavy atom. The molecular formula is C15H22N2O2. The molecule has 1 aliphatic carbocycles. The van der Waals surface area contributed by atoms with E-state index in [0.717, 1.165) is 25.9 Å². The Morgan fingerprint density at radius 3 is 2.68 bits per heavy atom. The molecule has 1 fully saturated rings. The second kappa shape index (κ2) is 5.35. The van der Waals surface area contributed by atoms with Gasteiger partial charge < -0.3 is 10.2 Å². The van der Waals surface area contributed by atoms with E-state index in [1.54, 1.807) is 5.57 Å². The van der Waals surface area contributed by atoms with Crippen LogP contribution < -0.4 is 5.32 Å². The molecule has 0 aromatic rings. The van der Waals surface area contributed by atoms with Crippen LogP contribution in [0.2, 0.25) is 0 Å². The quantitative estimate of drug-likeness (QED) is 0.771. The van der Waals surface area contributed by atoms with Crippen LogP contribution in [0.15, 0.2) is 11.1 Å². The molecule has 3 aliphatic rings. The van der Waals surface area contributed by atoms with Gasteiger partial charge in [0.15, 0.2) is 0 Å². The Hall–Kier alpha value is -1.32. The summed E-state index contributed by atoms with van der Waals surface area (Å²) in [5.41, 5.74) is 3.13. The first-order valence-corrected chi connectivity index (χ1v) is 7.49. The van der Waals surface area contributed by atoms with E-state index in [4.69, 9.17) is 0 Å². The predicted octanol–water partition coefficient (Wildman–Crippen LogP) is 1.76. The lowest BCUT2D eigenvalue weighted by molar-refractivity contribution is -0.131. The second-order valence-electron chi connectivity index (χ2n) is 5.99. The molecule has 0 spiro atoms. The molecule has 0 radical (unpaired) electrons. The monoisotopic (exact) mass is 262 g/mol. The Morgan fingerprint density at radius 1 is 1.16 bits per heavy atom. The maximum Gasteiger partial charge on any atom is 0.224 e. The van der Waals surface area contributed by atoms with Gasteiger partial charge in [-0.05, 0) is 38.5 Å². The minimum absolute atomic E-state index is 0.0710. The van der Waals surface area contributed by atoms with Crippen molar-refractivity contribution in [1.29, 1.82) is 0 Å². The fraction of sp³-hybridized carbons (Fsp3) is 0.733. The minimum Gasteiger partial charge on any atom is -0.353 e. The van der Waals surface area contributed by atoms with Gasteiger partial charge in [0.25, 0.3) is 0 Å². The first-order chi connectivity index (χ1) is 9.22. The van der Waals surface area contributed by atoms with Crippen molar-refractivity contribution in [3.05, 3.63) is 11.1 Å². The van der Waals surface area contributed by atoms with Crippen molar-refractivity contribution < 1.29 is 9.59 Å². The highest BCUT2D eigenvalue weighted by atomic mass is 16.2. The highest BCUT2D eigenvalue weighted by Crippen LogP contribution is 2.31. The zero-order valence-electron chi connectivity index (χ0n) is 11.4. The van der Waals surface area contributed by atoms with Crippen LogP contribution in [0.3, 0.4) is 0 Å². The van der Waals surface area contributed by atoms with Crippen molar-refractivity contribution in [1.82, 2.24) is 10.2 Å². The third-order valence-electron chi connectivity index (χ3n) is 4.63. The number of carbonyl (C=O) groups excluding carboxylic acids is 2. The summed E-state index contributed by atoms with van der Waals surface area (Å²) in [6, 6.07) is 0.0710. The van der Waals surface area contributed by atoms with Crippen LogP contribution in [-0.4, -0.2) is 35.8 Å². The normalized spacial score (nSPS) is 27.3. The summed E-state index contributed by atoms with van der Waals surface area (Å²) in [5.74, 6) is 0.304. The van der Waals surface area contributed by atoms with Gasteiger partial charge in [-0.2, -0.15) is 0 Å². The van der Waals surface area contributed by atoms with Gasteiger partial charge >= 0.3 is 0 Å². The molecule has 4 nitrogen and oxygen atoms in total. The molecule has 1 atom stereocenters. The molecule has 104 valence electrons. The van der Waals surface area contributed by atoms with Crippen LogP contribution in [0.4, 0.5) is 0 Å². The van der Waals surface area contributed by atoms with Crippen molar-refractivity contribution >= 4 is 11.8 Å². The standard InChI is InChI=1S/C15H22N2O2/c18-14-6-5-13(16-14)9-15(19)17-8-7-11-3-1-2-4-12(11)10-17/h13H,1-10H2,(H,16,18). The van der Waals surface area contributed by atoms with E-state index in [9.17, 15) is 9.59 Å². The van der Waals surface area contributed by atoms with Gasteiger partial charge in [0, 0.05) is 32.0 Å². The number of hydrogen-bond acceptors (Lipinski definition) is 2. The summed E-state index contributed by atoms with van der Waals surface area (Å²) in [5, 5.41) is 2.88. The molecule has 1 saturated heterocycles. The number of rotatable bonds is 2. The highest BCUT2D eigenvalue weighted by Gasteiger charge is 2.28. The van der Waals surface area contributed by atoms with Crippen LogP contribution in [0.25, 0.3) is 0 Å². The largest absolute Gasteiger partial charge is 0.353 e. The Bertz CT molecular complexity index is 428. The van der Waals surface area contributed by atoms with E-state index < -0.39 is 0 Å². The number of nitrogens with zero attached hydrogens (tertiary/aromatic N) is 1. The van der Waals surface area contributed by atoms with E-state index in [-0.39, 0.29) is 17.9 Å². The van der Waals surface area contributed by atoms with Crippen molar-refractivity contribution in [2.75, 3.05) is 13.1 Å². The van der Waals surface area contributed by atoms with Crippen molar-refractivity contribution in [2.24, 2.45) is 0 Å². The number of carbonyl (C=O) groups is 2. The maximum atomic E-state index is 12.3. The average Bonchev–Trinajstić information content (AvgIpc) is 2.83. The molecule has 0 bridgehead atoms. The molecule has 19 heavy (non-hydrogen) atoms. The van der Waals surface area contributed by atoms with Crippen molar-refractivity contribution in [2.45, 2.75) is 57.4 Å². The lowest BCUT2D eigenvalue weighted by Gasteiger charge is -2.34. The van der Waals surface area contributed by atoms with Gasteiger partial charge in [-0.15, -0.1) is 0 Å². The first kappa shape index (κ1) is 12.7. The van der Waals surface area contributed by atoms with Gasteiger partial charge in [0.1, 0.15) is 0 Å². The molecule has 2 amide bonds. The molecule has 4 heteroatoms. The molecule has 2 aliphatic heterocycles. The van der Waals surface area contributed by atoms with Crippen LogP contribution in [0.1, 0.15) is 51.4 Å². The molecular weight excluding hydrogens is 240 g/mol. The summed E-state index contributed by atoms with van der Waals surface area (Å²) in [4.78, 5) is 25.4. The van der Waals surface area contributed by atoms with Crippen LogP contribution in [0.5, 0.6) is 0 Å². The highest BCUT2D eigenvalue weighted by molar-refractivity contribution is 5.82. The van der Waals surface area contributed by atoms with Gasteiger partial charge in [-0.25, -0.2) is 0 Å². The molecule has 0 aromatic carbocycles. The smallest absolute Gasteiger partial charge is 0.224 e. The lowest BCUT2D eigenvalue weighted by atomic mass is 9.87. The number of amides is 2. The summed E-state index contributed by atoms with van der Waals surface area (Å²) in [6.45, 7) is 1.72. The topological polar surface area (TPSA) is 49.4 Å². The van der Waals surface area contributed by atoms with E-state index in [1.807, 2.05) is 4.90 Å². The molecule has 1 unspecified atom stereocenters. The molecule has 0 saturated carbocycles. The Balaban J connectivity index is 1.56. The van der Waals surface area contributed by atoms with E-state index >= 15 is 0 Å². The fourth-order valence-electron chi connectivity index (χ4n) is 3.49. The van der Waals surface area contributed by atoms with Gasteiger partial charge in [-0.1, -0.05) is 11.1 Å². The van der Waals surface area contributed by atoms with Crippen LogP contribution in [0, 0.1) is 0 Å². The fourth-order valence-corrected chi connectivity index (χ4v) is 3.49. The van der Waals surface area contributed by atoms with Gasteiger partial charge in [-0.3, -0.25) is 9.59 Å².